The van der Waals surface area contributed by atoms with Gasteiger partial charge in [-0.1, -0.05) is 26.8 Å². The molecule has 1 aromatic carbocycles. The average molecular weight is 241 g/mol. The zero-order valence-electron chi connectivity index (χ0n) is 11.1. The molecule has 0 saturated carbocycles. The van der Waals surface area contributed by atoms with Gasteiger partial charge in [0.2, 0.25) is 0 Å². The Kier molecular flexibility index (Phi) is 4.26. The summed E-state index contributed by atoms with van der Waals surface area (Å²) in [5, 5.41) is 3.33. The van der Waals surface area contributed by atoms with Crippen molar-refractivity contribution in [3.8, 4) is 0 Å². The van der Waals surface area contributed by atoms with Gasteiger partial charge in [0, 0.05) is 23.7 Å². The maximum absolute atomic E-state index is 13.6. The Hall–Kier alpha value is -0.960. The van der Waals surface area contributed by atoms with Crippen LogP contribution in [0.4, 0.5) is 8.78 Å². The smallest absolute Gasteiger partial charge is 0.130 e. The van der Waals surface area contributed by atoms with Crippen molar-refractivity contribution in [2.45, 2.75) is 46.7 Å². The molecule has 0 bridgehead atoms. The van der Waals surface area contributed by atoms with Crippen LogP contribution in [0.5, 0.6) is 0 Å². The largest absolute Gasteiger partial charge is 0.307 e. The lowest BCUT2D eigenvalue weighted by Gasteiger charge is -2.31. The zero-order chi connectivity index (χ0) is 13.2. The highest BCUT2D eigenvalue weighted by Crippen LogP contribution is 2.24. The molecule has 0 fully saturated rings. The van der Waals surface area contributed by atoms with E-state index in [0.29, 0.717) is 5.56 Å². The van der Waals surface area contributed by atoms with E-state index < -0.39 is 11.6 Å². The predicted molar refractivity (Wildman–Crippen MR) is 66.8 cm³/mol. The summed E-state index contributed by atoms with van der Waals surface area (Å²) in [6.07, 6.45) is 0. The molecule has 17 heavy (non-hydrogen) atoms. The summed E-state index contributed by atoms with van der Waals surface area (Å²) < 4.78 is 26.4. The second-order valence-corrected chi connectivity index (χ2v) is 5.64. The Labute approximate surface area is 102 Å². The van der Waals surface area contributed by atoms with Crippen LogP contribution >= 0.6 is 0 Å². The molecule has 1 rings (SSSR count). The van der Waals surface area contributed by atoms with Crippen LogP contribution in [0.2, 0.25) is 0 Å². The number of benzene rings is 1. The van der Waals surface area contributed by atoms with Crippen molar-refractivity contribution >= 4 is 0 Å². The van der Waals surface area contributed by atoms with E-state index in [1.165, 1.54) is 12.1 Å². The maximum Gasteiger partial charge on any atom is 0.130 e. The number of halogens is 2. The SMILES string of the molecule is CC(NC(C)C(C)(C)C)c1ccc(F)cc1F. The number of rotatable bonds is 3. The van der Waals surface area contributed by atoms with Gasteiger partial charge in [0.25, 0.3) is 0 Å². The molecule has 0 spiro atoms. The summed E-state index contributed by atoms with van der Waals surface area (Å²) in [5.41, 5.74) is 0.604. The van der Waals surface area contributed by atoms with Crippen LogP contribution in [0.15, 0.2) is 18.2 Å². The molecule has 0 aliphatic carbocycles. The molecule has 0 radical (unpaired) electrons. The van der Waals surface area contributed by atoms with Gasteiger partial charge < -0.3 is 5.32 Å². The van der Waals surface area contributed by atoms with Crippen LogP contribution in [-0.2, 0) is 0 Å². The average Bonchev–Trinajstić information content (AvgIpc) is 2.15. The minimum absolute atomic E-state index is 0.102. The Morgan fingerprint density at radius 3 is 2.18 bits per heavy atom. The van der Waals surface area contributed by atoms with Crippen LogP contribution in [0.25, 0.3) is 0 Å². The van der Waals surface area contributed by atoms with Crippen LogP contribution in [0, 0.1) is 17.0 Å². The van der Waals surface area contributed by atoms with E-state index in [1.54, 1.807) is 0 Å². The van der Waals surface area contributed by atoms with Crippen LogP contribution in [0.3, 0.4) is 0 Å². The van der Waals surface area contributed by atoms with Gasteiger partial charge >= 0.3 is 0 Å². The molecule has 0 aliphatic rings. The fraction of sp³-hybridized carbons (Fsp3) is 0.571. The summed E-state index contributed by atoms with van der Waals surface area (Å²) in [6.45, 7) is 10.3. The first kappa shape index (κ1) is 14.1. The second kappa shape index (κ2) is 5.13. The van der Waals surface area contributed by atoms with Crippen LogP contribution < -0.4 is 5.32 Å². The first-order chi connectivity index (χ1) is 7.71. The van der Waals surface area contributed by atoms with E-state index >= 15 is 0 Å². The molecule has 1 N–H and O–H groups in total. The molecular formula is C14H21F2N. The van der Waals surface area contributed by atoms with Gasteiger partial charge in [-0.05, 0) is 25.3 Å². The Morgan fingerprint density at radius 1 is 1.12 bits per heavy atom. The van der Waals surface area contributed by atoms with E-state index in [1.807, 2.05) is 6.92 Å². The molecule has 1 aromatic rings. The molecule has 0 aliphatic heterocycles. The first-order valence-corrected chi connectivity index (χ1v) is 5.93. The minimum atomic E-state index is -0.540. The van der Waals surface area contributed by atoms with E-state index in [4.69, 9.17) is 0 Å². The van der Waals surface area contributed by atoms with Crippen LogP contribution in [-0.4, -0.2) is 6.04 Å². The van der Waals surface area contributed by atoms with Crippen molar-refractivity contribution < 1.29 is 8.78 Å². The van der Waals surface area contributed by atoms with Gasteiger partial charge in [-0.2, -0.15) is 0 Å². The zero-order valence-corrected chi connectivity index (χ0v) is 11.1. The van der Waals surface area contributed by atoms with Gasteiger partial charge in [-0.15, -0.1) is 0 Å². The van der Waals surface area contributed by atoms with E-state index in [-0.39, 0.29) is 17.5 Å². The van der Waals surface area contributed by atoms with Crippen molar-refractivity contribution in [2.75, 3.05) is 0 Å². The van der Waals surface area contributed by atoms with Crippen molar-refractivity contribution in [1.29, 1.82) is 0 Å². The van der Waals surface area contributed by atoms with E-state index in [0.717, 1.165) is 6.07 Å². The Balaban J connectivity index is 2.80. The summed E-state index contributed by atoms with van der Waals surface area (Å²) in [5.74, 6) is -1.03. The van der Waals surface area contributed by atoms with E-state index in [2.05, 4.69) is 33.0 Å². The molecule has 0 aromatic heterocycles. The fourth-order valence-electron chi connectivity index (χ4n) is 1.57. The molecule has 3 heteroatoms. The Morgan fingerprint density at radius 2 is 1.71 bits per heavy atom. The topological polar surface area (TPSA) is 12.0 Å². The summed E-state index contributed by atoms with van der Waals surface area (Å²) in [4.78, 5) is 0. The van der Waals surface area contributed by atoms with Crippen molar-refractivity contribution in [3.63, 3.8) is 0 Å². The molecule has 0 heterocycles. The van der Waals surface area contributed by atoms with E-state index in [9.17, 15) is 8.78 Å². The third-order valence-corrected chi connectivity index (χ3v) is 3.23. The predicted octanol–water partition coefficient (Wildman–Crippen LogP) is 4.05. The third-order valence-electron chi connectivity index (χ3n) is 3.23. The van der Waals surface area contributed by atoms with Crippen molar-refractivity contribution in [3.05, 3.63) is 35.4 Å². The first-order valence-electron chi connectivity index (χ1n) is 5.93. The summed E-state index contributed by atoms with van der Waals surface area (Å²) in [6, 6.07) is 3.82. The number of hydrogen-bond donors (Lipinski definition) is 1. The van der Waals surface area contributed by atoms with Crippen molar-refractivity contribution in [1.82, 2.24) is 5.32 Å². The molecule has 0 amide bonds. The molecule has 1 nitrogen and oxygen atoms in total. The lowest BCUT2D eigenvalue weighted by Crippen LogP contribution is -2.39. The lowest BCUT2D eigenvalue weighted by molar-refractivity contribution is 0.266. The molecule has 2 unspecified atom stereocenters. The quantitative estimate of drug-likeness (QED) is 0.841. The lowest BCUT2D eigenvalue weighted by atomic mass is 9.87. The molecule has 2 atom stereocenters. The molecule has 0 saturated heterocycles. The second-order valence-electron chi connectivity index (χ2n) is 5.64. The summed E-state index contributed by atoms with van der Waals surface area (Å²) >= 11 is 0. The maximum atomic E-state index is 13.6. The fourth-order valence-corrected chi connectivity index (χ4v) is 1.57. The highest BCUT2D eigenvalue weighted by Gasteiger charge is 2.22. The van der Waals surface area contributed by atoms with Crippen LogP contribution in [0.1, 0.15) is 46.2 Å². The third kappa shape index (κ3) is 3.77. The normalized spacial score (nSPS) is 15.7. The van der Waals surface area contributed by atoms with Gasteiger partial charge in [0.1, 0.15) is 11.6 Å². The highest BCUT2D eigenvalue weighted by molar-refractivity contribution is 5.21. The van der Waals surface area contributed by atoms with Crippen molar-refractivity contribution in [2.24, 2.45) is 5.41 Å². The highest BCUT2D eigenvalue weighted by atomic mass is 19.1. The van der Waals surface area contributed by atoms with Gasteiger partial charge in [0.05, 0.1) is 0 Å². The minimum Gasteiger partial charge on any atom is -0.307 e. The molecule has 96 valence electrons. The standard InChI is InChI=1S/C14H21F2N/c1-9(17-10(2)14(3,4)5)12-7-6-11(15)8-13(12)16/h6-10,17H,1-5H3. The van der Waals surface area contributed by atoms with Gasteiger partial charge in [-0.25, -0.2) is 8.78 Å². The number of nitrogens with one attached hydrogen (secondary N) is 1. The number of hydrogen-bond acceptors (Lipinski definition) is 1. The Bertz CT molecular complexity index is 382. The van der Waals surface area contributed by atoms with Gasteiger partial charge in [0.15, 0.2) is 0 Å². The van der Waals surface area contributed by atoms with Gasteiger partial charge in [-0.3, -0.25) is 0 Å². The monoisotopic (exact) mass is 241 g/mol. The molecular weight excluding hydrogens is 220 g/mol. The summed E-state index contributed by atoms with van der Waals surface area (Å²) in [7, 11) is 0.